The molecule has 1 heterocycles. The number of rotatable bonds is 6. The molecule has 1 N–H and O–H groups in total. The van der Waals surface area contributed by atoms with Crippen LogP contribution in [0.25, 0.3) is 27.7 Å². The highest BCUT2D eigenvalue weighted by Gasteiger charge is 2.18. The number of benzene rings is 4. The number of hydrogen-bond donors (Lipinski definition) is 1. The summed E-state index contributed by atoms with van der Waals surface area (Å²) in [6, 6.07) is 23.7. The SMILES string of the molecule is Cc1ccc(-c2cc(Br)ccc2OCc2ccc(F)cc2F)n1-c1cc(C(=O)O)c2ccccc2c1. The smallest absolute Gasteiger partial charge is 0.336 e. The predicted molar refractivity (Wildman–Crippen MR) is 139 cm³/mol. The Kier molecular flexibility index (Phi) is 6.33. The Morgan fingerprint density at radius 1 is 0.972 bits per heavy atom. The van der Waals surface area contributed by atoms with Crippen LogP contribution in [0.5, 0.6) is 5.75 Å². The monoisotopic (exact) mass is 547 g/mol. The van der Waals surface area contributed by atoms with Gasteiger partial charge in [0.2, 0.25) is 0 Å². The maximum absolute atomic E-state index is 14.2. The van der Waals surface area contributed by atoms with Crippen molar-refractivity contribution in [1.29, 1.82) is 0 Å². The fourth-order valence-corrected chi connectivity index (χ4v) is 4.68. The number of hydrogen-bond acceptors (Lipinski definition) is 2. The van der Waals surface area contributed by atoms with E-state index in [1.54, 1.807) is 18.2 Å². The second-order valence-corrected chi connectivity index (χ2v) is 9.30. The van der Waals surface area contributed by atoms with Crippen LogP contribution >= 0.6 is 15.9 Å². The number of fused-ring (bicyclic) bond motifs is 1. The van der Waals surface area contributed by atoms with E-state index < -0.39 is 17.6 Å². The number of aryl methyl sites for hydroxylation is 1. The maximum Gasteiger partial charge on any atom is 0.336 e. The van der Waals surface area contributed by atoms with Crippen LogP contribution in [0.2, 0.25) is 0 Å². The van der Waals surface area contributed by atoms with Crippen molar-refractivity contribution in [2.24, 2.45) is 0 Å². The Hall–Kier alpha value is -3.97. The fourth-order valence-electron chi connectivity index (χ4n) is 4.31. The molecule has 0 spiro atoms. The Morgan fingerprint density at radius 2 is 1.78 bits per heavy atom. The Balaban J connectivity index is 1.62. The van der Waals surface area contributed by atoms with E-state index in [1.165, 1.54) is 12.1 Å². The van der Waals surface area contributed by atoms with E-state index in [0.29, 0.717) is 16.8 Å². The van der Waals surface area contributed by atoms with Crippen molar-refractivity contribution in [3.63, 3.8) is 0 Å². The lowest BCUT2D eigenvalue weighted by molar-refractivity contribution is 0.0699. The molecule has 180 valence electrons. The van der Waals surface area contributed by atoms with Crippen molar-refractivity contribution < 1.29 is 23.4 Å². The van der Waals surface area contributed by atoms with E-state index in [9.17, 15) is 18.7 Å². The van der Waals surface area contributed by atoms with Crippen LogP contribution in [0.15, 0.2) is 89.4 Å². The molecule has 0 saturated heterocycles. The normalized spacial score (nSPS) is 11.1. The molecule has 0 aliphatic heterocycles. The molecule has 0 bridgehead atoms. The van der Waals surface area contributed by atoms with Crippen molar-refractivity contribution in [1.82, 2.24) is 4.57 Å². The minimum Gasteiger partial charge on any atom is -0.488 e. The van der Waals surface area contributed by atoms with Gasteiger partial charge in [0.05, 0.1) is 11.3 Å². The average molecular weight is 548 g/mol. The lowest BCUT2D eigenvalue weighted by atomic mass is 10.0. The Bertz CT molecular complexity index is 1630. The van der Waals surface area contributed by atoms with Gasteiger partial charge in [-0.05, 0) is 72.3 Å². The van der Waals surface area contributed by atoms with Gasteiger partial charge in [0, 0.05) is 33.0 Å². The molecular weight excluding hydrogens is 528 g/mol. The largest absolute Gasteiger partial charge is 0.488 e. The zero-order chi connectivity index (χ0) is 25.4. The molecule has 0 saturated carbocycles. The van der Waals surface area contributed by atoms with E-state index in [4.69, 9.17) is 4.74 Å². The fraction of sp³-hybridized carbons (Fsp3) is 0.0690. The maximum atomic E-state index is 14.2. The van der Waals surface area contributed by atoms with Gasteiger partial charge in [-0.3, -0.25) is 0 Å². The highest BCUT2D eigenvalue weighted by Crippen LogP contribution is 2.37. The highest BCUT2D eigenvalue weighted by atomic mass is 79.9. The zero-order valence-corrected chi connectivity index (χ0v) is 20.7. The zero-order valence-electron chi connectivity index (χ0n) is 19.1. The number of aromatic nitrogens is 1. The van der Waals surface area contributed by atoms with Crippen LogP contribution in [0.3, 0.4) is 0 Å². The summed E-state index contributed by atoms with van der Waals surface area (Å²) in [6.45, 7) is 1.85. The summed E-state index contributed by atoms with van der Waals surface area (Å²) in [5.41, 5.74) is 3.53. The van der Waals surface area contributed by atoms with E-state index in [-0.39, 0.29) is 17.7 Å². The van der Waals surface area contributed by atoms with Crippen molar-refractivity contribution in [3.8, 4) is 22.7 Å². The summed E-state index contributed by atoms with van der Waals surface area (Å²) in [5, 5.41) is 11.3. The van der Waals surface area contributed by atoms with Crippen LogP contribution in [0, 0.1) is 18.6 Å². The van der Waals surface area contributed by atoms with E-state index in [0.717, 1.165) is 32.9 Å². The van der Waals surface area contributed by atoms with Gasteiger partial charge in [-0.25, -0.2) is 13.6 Å². The number of aromatic carboxylic acids is 1. The Labute approximate surface area is 214 Å². The minimum absolute atomic E-state index is 0.0838. The number of carboxylic acid groups (broad SMARTS) is 1. The molecule has 36 heavy (non-hydrogen) atoms. The van der Waals surface area contributed by atoms with E-state index in [1.807, 2.05) is 60.0 Å². The molecule has 4 aromatic carbocycles. The third-order valence-electron chi connectivity index (χ3n) is 6.03. The number of carbonyl (C=O) groups is 1. The van der Waals surface area contributed by atoms with Crippen molar-refractivity contribution in [2.45, 2.75) is 13.5 Å². The molecule has 0 radical (unpaired) electrons. The first kappa shape index (κ1) is 23.8. The third kappa shape index (κ3) is 4.50. The van der Waals surface area contributed by atoms with Gasteiger partial charge in [0.15, 0.2) is 0 Å². The molecule has 4 nitrogen and oxygen atoms in total. The minimum atomic E-state index is -1.01. The van der Waals surface area contributed by atoms with Crippen LogP contribution in [-0.2, 0) is 6.61 Å². The summed E-state index contributed by atoms with van der Waals surface area (Å²) < 4.78 is 36.3. The molecule has 5 aromatic rings. The molecule has 7 heteroatoms. The number of carboxylic acids is 1. The lowest BCUT2D eigenvalue weighted by Crippen LogP contribution is -2.05. The lowest BCUT2D eigenvalue weighted by Gasteiger charge is -2.17. The van der Waals surface area contributed by atoms with Crippen molar-refractivity contribution in [3.05, 3.63) is 118 Å². The summed E-state index contributed by atoms with van der Waals surface area (Å²) in [7, 11) is 0. The predicted octanol–water partition coefficient (Wildman–Crippen LogP) is 7.92. The summed E-state index contributed by atoms with van der Waals surface area (Å²) in [5.74, 6) is -1.83. The average Bonchev–Trinajstić information content (AvgIpc) is 3.24. The second-order valence-electron chi connectivity index (χ2n) is 8.38. The second kappa shape index (κ2) is 9.59. The Morgan fingerprint density at radius 3 is 2.56 bits per heavy atom. The molecular formula is C29H20BrF2NO3. The molecule has 5 rings (SSSR count). The summed E-state index contributed by atoms with van der Waals surface area (Å²) in [4.78, 5) is 12.1. The molecule has 0 aliphatic rings. The number of ether oxygens (including phenoxy) is 1. The van der Waals surface area contributed by atoms with Crippen LogP contribution in [0.1, 0.15) is 21.6 Å². The molecule has 0 unspecified atom stereocenters. The number of halogens is 3. The topological polar surface area (TPSA) is 51.5 Å². The van der Waals surface area contributed by atoms with Crippen LogP contribution in [0.4, 0.5) is 8.78 Å². The first-order valence-corrected chi connectivity index (χ1v) is 11.9. The van der Waals surface area contributed by atoms with E-state index in [2.05, 4.69) is 15.9 Å². The van der Waals surface area contributed by atoms with Crippen LogP contribution < -0.4 is 4.74 Å². The van der Waals surface area contributed by atoms with Crippen molar-refractivity contribution in [2.75, 3.05) is 0 Å². The summed E-state index contributed by atoms with van der Waals surface area (Å²) in [6.07, 6.45) is 0. The van der Waals surface area contributed by atoms with Gasteiger partial charge < -0.3 is 14.4 Å². The van der Waals surface area contributed by atoms with Gasteiger partial charge in [0.1, 0.15) is 24.0 Å². The molecule has 0 aliphatic carbocycles. The molecule has 0 fully saturated rings. The third-order valence-corrected chi connectivity index (χ3v) is 6.52. The van der Waals surface area contributed by atoms with E-state index >= 15 is 0 Å². The van der Waals surface area contributed by atoms with Gasteiger partial charge in [-0.15, -0.1) is 0 Å². The van der Waals surface area contributed by atoms with Crippen molar-refractivity contribution >= 4 is 32.7 Å². The highest BCUT2D eigenvalue weighted by molar-refractivity contribution is 9.10. The quantitative estimate of drug-likeness (QED) is 0.235. The molecule has 0 atom stereocenters. The van der Waals surface area contributed by atoms with Gasteiger partial charge >= 0.3 is 5.97 Å². The van der Waals surface area contributed by atoms with Gasteiger partial charge in [-0.1, -0.05) is 40.2 Å². The van der Waals surface area contributed by atoms with Crippen LogP contribution in [-0.4, -0.2) is 15.6 Å². The first-order chi connectivity index (χ1) is 17.3. The standard InChI is InChI=1S/C29H20BrF2NO3/c1-17-6-10-27(33(17)22-12-18-4-2-3-5-23(18)24(15-22)29(34)35)25-13-20(30)8-11-28(25)36-16-19-7-9-21(31)14-26(19)32/h2-15H,16H2,1H3,(H,34,35). The number of nitrogens with zero attached hydrogens (tertiary/aromatic N) is 1. The molecule has 1 aromatic heterocycles. The summed E-state index contributed by atoms with van der Waals surface area (Å²) >= 11 is 3.52. The molecule has 0 amide bonds. The van der Waals surface area contributed by atoms with Gasteiger partial charge in [-0.2, -0.15) is 0 Å². The first-order valence-electron chi connectivity index (χ1n) is 11.1. The van der Waals surface area contributed by atoms with Gasteiger partial charge in [0.25, 0.3) is 0 Å².